The van der Waals surface area contributed by atoms with Crippen molar-refractivity contribution in [3.63, 3.8) is 0 Å². The standard InChI is InChI=1S/C34H30N2O7/c1-5-42-34(39)31-21(2)36(23-11-7-6-8-12-23)28-17-16-24(20-26(28)31)43-33(38)25-13-9-10-14-27(25)35-32(37)22-15-18-29(40-3)30(19-22)41-4/h6-20H,5H2,1-4H3,(H,35,37). The maximum absolute atomic E-state index is 13.4. The molecule has 0 aliphatic heterocycles. The number of carbonyl (C=O) groups excluding carboxylic acids is 3. The lowest BCUT2D eigenvalue weighted by molar-refractivity contribution is 0.0527. The Kier molecular flexibility index (Phi) is 8.43. The molecule has 9 nitrogen and oxygen atoms in total. The number of anilines is 1. The van der Waals surface area contributed by atoms with Gasteiger partial charge in [-0.3, -0.25) is 4.79 Å². The molecule has 43 heavy (non-hydrogen) atoms. The van der Waals surface area contributed by atoms with Crippen LogP contribution >= 0.6 is 0 Å². The van der Waals surface area contributed by atoms with Crippen molar-refractivity contribution >= 4 is 34.4 Å². The molecule has 1 amide bonds. The molecule has 0 fully saturated rings. The fourth-order valence-corrected chi connectivity index (χ4v) is 4.94. The van der Waals surface area contributed by atoms with E-state index in [-0.39, 0.29) is 23.6 Å². The second kappa shape index (κ2) is 12.5. The normalized spacial score (nSPS) is 10.7. The molecule has 0 radical (unpaired) electrons. The minimum Gasteiger partial charge on any atom is -0.493 e. The van der Waals surface area contributed by atoms with E-state index in [2.05, 4.69) is 5.32 Å². The number of para-hydroxylation sites is 2. The lowest BCUT2D eigenvalue weighted by atomic mass is 10.1. The number of nitrogens with one attached hydrogen (secondary N) is 1. The third kappa shape index (κ3) is 5.78. The zero-order valence-electron chi connectivity index (χ0n) is 24.2. The number of methoxy groups -OCH3 is 2. The van der Waals surface area contributed by atoms with Gasteiger partial charge in [-0.1, -0.05) is 30.3 Å². The first kappa shape index (κ1) is 28.9. The van der Waals surface area contributed by atoms with Crippen LogP contribution in [0.5, 0.6) is 17.2 Å². The summed E-state index contributed by atoms with van der Waals surface area (Å²) >= 11 is 0. The number of hydrogen-bond acceptors (Lipinski definition) is 7. The van der Waals surface area contributed by atoms with Gasteiger partial charge < -0.3 is 28.8 Å². The average molecular weight is 579 g/mol. The molecule has 5 rings (SSSR count). The lowest BCUT2D eigenvalue weighted by Crippen LogP contribution is -2.17. The molecule has 9 heteroatoms. The molecule has 218 valence electrons. The Morgan fingerprint density at radius 1 is 0.791 bits per heavy atom. The summed E-state index contributed by atoms with van der Waals surface area (Å²) in [5, 5.41) is 3.36. The first-order valence-electron chi connectivity index (χ1n) is 13.6. The summed E-state index contributed by atoms with van der Waals surface area (Å²) in [6.07, 6.45) is 0. The molecule has 0 spiro atoms. The number of ether oxygens (including phenoxy) is 4. The summed E-state index contributed by atoms with van der Waals surface area (Å²) in [7, 11) is 2.99. The Balaban J connectivity index is 1.46. The van der Waals surface area contributed by atoms with Gasteiger partial charge in [-0.2, -0.15) is 0 Å². The predicted octanol–water partition coefficient (Wildman–Crippen LogP) is 6.60. The first-order chi connectivity index (χ1) is 20.9. The van der Waals surface area contributed by atoms with Crippen molar-refractivity contribution in [3.05, 3.63) is 113 Å². The van der Waals surface area contributed by atoms with Crippen LogP contribution in [0.15, 0.2) is 91.0 Å². The van der Waals surface area contributed by atoms with E-state index in [1.807, 2.05) is 41.8 Å². The van der Waals surface area contributed by atoms with Crippen molar-refractivity contribution in [2.45, 2.75) is 13.8 Å². The molecule has 0 atom stereocenters. The Hall–Kier alpha value is -5.57. The molecule has 0 unspecified atom stereocenters. The Bertz CT molecular complexity index is 1830. The van der Waals surface area contributed by atoms with Crippen LogP contribution in [-0.4, -0.2) is 43.2 Å². The van der Waals surface area contributed by atoms with E-state index in [0.717, 1.165) is 11.2 Å². The number of hydrogen-bond donors (Lipinski definition) is 1. The van der Waals surface area contributed by atoms with Crippen LogP contribution in [-0.2, 0) is 4.74 Å². The highest BCUT2D eigenvalue weighted by atomic mass is 16.5. The van der Waals surface area contributed by atoms with Gasteiger partial charge in [0, 0.05) is 22.3 Å². The number of esters is 2. The minimum absolute atomic E-state index is 0.153. The highest BCUT2D eigenvalue weighted by Gasteiger charge is 2.23. The van der Waals surface area contributed by atoms with E-state index in [9.17, 15) is 14.4 Å². The van der Waals surface area contributed by atoms with E-state index in [1.165, 1.54) is 14.2 Å². The second-order valence-corrected chi connectivity index (χ2v) is 9.49. The van der Waals surface area contributed by atoms with Crippen LogP contribution in [0.1, 0.15) is 43.7 Å². The number of benzene rings is 4. The third-order valence-electron chi connectivity index (χ3n) is 6.92. The monoisotopic (exact) mass is 578 g/mol. The summed E-state index contributed by atoms with van der Waals surface area (Å²) in [6.45, 7) is 3.82. The van der Waals surface area contributed by atoms with Crippen molar-refractivity contribution in [1.29, 1.82) is 0 Å². The van der Waals surface area contributed by atoms with Crippen molar-refractivity contribution < 1.29 is 33.3 Å². The van der Waals surface area contributed by atoms with Gasteiger partial charge in [0.2, 0.25) is 0 Å². The van der Waals surface area contributed by atoms with Gasteiger partial charge in [-0.25, -0.2) is 9.59 Å². The molecular weight excluding hydrogens is 548 g/mol. The Morgan fingerprint density at radius 3 is 2.23 bits per heavy atom. The Labute approximate surface area is 248 Å². The van der Waals surface area contributed by atoms with Gasteiger partial charge in [0.25, 0.3) is 5.91 Å². The van der Waals surface area contributed by atoms with Gasteiger partial charge in [0.15, 0.2) is 11.5 Å². The first-order valence-corrected chi connectivity index (χ1v) is 13.6. The highest BCUT2D eigenvalue weighted by molar-refractivity contribution is 6.09. The van der Waals surface area contributed by atoms with Crippen LogP contribution in [0.3, 0.4) is 0 Å². The van der Waals surface area contributed by atoms with Gasteiger partial charge >= 0.3 is 11.9 Å². The summed E-state index contributed by atoms with van der Waals surface area (Å²) in [6, 6.07) is 26.1. The zero-order valence-corrected chi connectivity index (χ0v) is 24.2. The van der Waals surface area contributed by atoms with E-state index < -0.39 is 17.8 Å². The quantitative estimate of drug-likeness (QED) is 0.155. The molecule has 5 aromatic rings. The molecule has 0 aliphatic carbocycles. The van der Waals surface area contributed by atoms with E-state index in [1.54, 1.807) is 67.6 Å². The summed E-state index contributed by atoms with van der Waals surface area (Å²) in [5.74, 6) is -0.475. The van der Waals surface area contributed by atoms with Crippen molar-refractivity contribution in [2.24, 2.45) is 0 Å². The molecule has 0 aliphatic rings. The maximum Gasteiger partial charge on any atom is 0.345 e. The SMILES string of the molecule is CCOC(=O)c1c(C)n(-c2ccccc2)c2ccc(OC(=O)c3ccccc3NC(=O)c3ccc(OC)c(OC)c3)cc12. The number of fused-ring (bicyclic) bond motifs is 1. The highest BCUT2D eigenvalue weighted by Crippen LogP contribution is 2.33. The van der Waals surface area contributed by atoms with Gasteiger partial charge in [-0.05, 0) is 74.5 Å². The largest absolute Gasteiger partial charge is 0.493 e. The molecule has 1 aromatic heterocycles. The number of nitrogens with zero attached hydrogens (tertiary/aromatic N) is 1. The molecule has 0 saturated heterocycles. The van der Waals surface area contributed by atoms with Gasteiger partial charge in [-0.15, -0.1) is 0 Å². The molecule has 1 heterocycles. The van der Waals surface area contributed by atoms with Crippen molar-refractivity contribution in [1.82, 2.24) is 4.57 Å². The second-order valence-electron chi connectivity index (χ2n) is 9.49. The molecular formula is C34H30N2O7. The molecule has 1 N–H and O–H groups in total. The number of rotatable bonds is 9. The molecule has 4 aromatic carbocycles. The molecule has 0 saturated carbocycles. The fraction of sp³-hybridized carbons (Fsp3) is 0.147. The van der Waals surface area contributed by atoms with E-state index >= 15 is 0 Å². The van der Waals surface area contributed by atoms with Crippen molar-refractivity contribution in [2.75, 3.05) is 26.1 Å². The third-order valence-corrected chi connectivity index (χ3v) is 6.92. The number of carbonyl (C=O) groups is 3. The van der Waals surface area contributed by atoms with Crippen molar-refractivity contribution in [3.8, 4) is 22.9 Å². The van der Waals surface area contributed by atoms with Crippen LogP contribution < -0.4 is 19.5 Å². The predicted molar refractivity (Wildman–Crippen MR) is 163 cm³/mol. The summed E-state index contributed by atoms with van der Waals surface area (Å²) in [5.41, 5.74) is 3.47. The minimum atomic E-state index is -0.681. The van der Waals surface area contributed by atoms with Gasteiger partial charge in [0.1, 0.15) is 5.75 Å². The Morgan fingerprint density at radius 2 is 1.51 bits per heavy atom. The summed E-state index contributed by atoms with van der Waals surface area (Å²) < 4.78 is 23.6. The topological polar surface area (TPSA) is 105 Å². The number of amides is 1. The summed E-state index contributed by atoms with van der Waals surface area (Å²) in [4.78, 5) is 39.5. The van der Waals surface area contributed by atoms with Crippen LogP contribution in [0.25, 0.3) is 16.6 Å². The number of aromatic nitrogens is 1. The zero-order chi connectivity index (χ0) is 30.5. The van der Waals surface area contributed by atoms with Crippen LogP contribution in [0.4, 0.5) is 5.69 Å². The smallest absolute Gasteiger partial charge is 0.345 e. The lowest BCUT2D eigenvalue weighted by Gasteiger charge is -2.13. The van der Waals surface area contributed by atoms with E-state index in [4.69, 9.17) is 18.9 Å². The molecule has 0 bridgehead atoms. The van der Waals surface area contributed by atoms with Crippen LogP contribution in [0, 0.1) is 6.92 Å². The fourth-order valence-electron chi connectivity index (χ4n) is 4.94. The maximum atomic E-state index is 13.4. The van der Waals surface area contributed by atoms with E-state index in [0.29, 0.717) is 33.7 Å². The van der Waals surface area contributed by atoms with Crippen LogP contribution in [0.2, 0.25) is 0 Å². The average Bonchev–Trinajstić information content (AvgIpc) is 3.32. The van der Waals surface area contributed by atoms with Gasteiger partial charge in [0.05, 0.1) is 43.2 Å².